The van der Waals surface area contributed by atoms with Gasteiger partial charge in [-0.3, -0.25) is 4.79 Å². The van der Waals surface area contributed by atoms with Crippen molar-refractivity contribution >= 4 is 33.0 Å². The number of hydrogen-bond acceptors (Lipinski definition) is 3. The number of fused-ring (bicyclic) bond motifs is 1. The average Bonchev–Trinajstić information content (AvgIpc) is 2.90. The predicted molar refractivity (Wildman–Crippen MR) is 88.6 cm³/mol. The monoisotopic (exact) mass is 296 g/mol. The summed E-state index contributed by atoms with van der Waals surface area (Å²) in [4.78, 5) is 11.9. The number of rotatable bonds is 4. The maximum atomic E-state index is 11.9. The summed E-state index contributed by atoms with van der Waals surface area (Å²) < 4.78 is 1.16. The lowest BCUT2D eigenvalue weighted by atomic mass is 10.0. The molecule has 0 spiro atoms. The largest absolute Gasteiger partial charge is 0.370 e. The van der Waals surface area contributed by atoms with Gasteiger partial charge in [-0.25, -0.2) is 0 Å². The van der Waals surface area contributed by atoms with Crippen molar-refractivity contribution in [1.29, 1.82) is 0 Å². The van der Waals surface area contributed by atoms with Gasteiger partial charge in [0.1, 0.15) is 6.04 Å². The van der Waals surface area contributed by atoms with Gasteiger partial charge < -0.3 is 11.1 Å². The van der Waals surface area contributed by atoms with Crippen molar-refractivity contribution < 1.29 is 4.79 Å². The van der Waals surface area contributed by atoms with E-state index in [4.69, 9.17) is 5.73 Å². The second-order valence-corrected chi connectivity index (χ2v) is 5.94. The van der Waals surface area contributed by atoms with Crippen LogP contribution < -0.4 is 11.1 Å². The Labute approximate surface area is 127 Å². The topological polar surface area (TPSA) is 55.1 Å². The minimum absolute atomic E-state index is 0.376. The highest BCUT2D eigenvalue weighted by Crippen LogP contribution is 2.32. The molecule has 1 atom stereocenters. The third-order valence-corrected chi connectivity index (χ3v) is 4.45. The maximum Gasteiger partial charge on any atom is 0.244 e. The highest BCUT2D eigenvalue weighted by molar-refractivity contribution is 7.17. The van der Waals surface area contributed by atoms with E-state index in [1.807, 2.05) is 60.8 Å². The Hall–Kier alpha value is -2.33. The highest BCUT2D eigenvalue weighted by Gasteiger charge is 2.21. The first-order valence-corrected chi connectivity index (χ1v) is 7.62. The number of primary amides is 1. The van der Waals surface area contributed by atoms with Crippen molar-refractivity contribution in [3.05, 3.63) is 65.0 Å². The molecule has 0 aliphatic heterocycles. The third-order valence-electron chi connectivity index (χ3n) is 3.47. The van der Waals surface area contributed by atoms with E-state index in [-0.39, 0.29) is 5.91 Å². The van der Waals surface area contributed by atoms with Crippen molar-refractivity contribution in [2.45, 2.75) is 13.0 Å². The zero-order valence-corrected chi connectivity index (χ0v) is 12.5. The molecule has 1 heterocycles. The number of amides is 1. The van der Waals surface area contributed by atoms with Crippen molar-refractivity contribution in [3.8, 4) is 0 Å². The second-order valence-electron chi connectivity index (χ2n) is 5.03. The van der Waals surface area contributed by atoms with Gasteiger partial charge in [-0.15, -0.1) is 11.3 Å². The van der Waals surface area contributed by atoms with Crippen molar-refractivity contribution in [2.24, 2.45) is 5.73 Å². The average molecular weight is 296 g/mol. The van der Waals surface area contributed by atoms with Gasteiger partial charge in [-0.2, -0.15) is 0 Å². The Morgan fingerprint density at radius 2 is 1.86 bits per heavy atom. The number of anilines is 1. The molecule has 1 aromatic heterocycles. The Bertz CT molecular complexity index is 777. The van der Waals surface area contributed by atoms with Gasteiger partial charge in [-0.05, 0) is 35.9 Å². The minimum Gasteiger partial charge on any atom is -0.370 e. The number of hydrogen-bond donors (Lipinski definition) is 2. The van der Waals surface area contributed by atoms with E-state index >= 15 is 0 Å². The minimum atomic E-state index is -0.524. The molecule has 106 valence electrons. The smallest absolute Gasteiger partial charge is 0.244 e. The molecule has 0 radical (unpaired) electrons. The van der Waals surface area contributed by atoms with Crippen LogP contribution in [-0.4, -0.2) is 5.91 Å². The van der Waals surface area contributed by atoms with Crippen LogP contribution in [-0.2, 0) is 4.79 Å². The first-order chi connectivity index (χ1) is 10.1. The molecule has 0 saturated carbocycles. The molecule has 3 N–H and O–H groups in total. The summed E-state index contributed by atoms with van der Waals surface area (Å²) in [6.45, 7) is 2.03. The molecule has 2 aromatic carbocycles. The SMILES string of the molecule is Cc1ccc(NC(C(N)=O)c2csc3ccccc23)cc1. The normalized spacial score (nSPS) is 12.2. The van der Waals surface area contributed by atoms with Crippen molar-refractivity contribution in [1.82, 2.24) is 0 Å². The summed E-state index contributed by atoms with van der Waals surface area (Å²) in [5.41, 5.74) is 8.60. The molecule has 4 heteroatoms. The van der Waals surface area contributed by atoms with Crippen LogP contribution in [0.2, 0.25) is 0 Å². The Morgan fingerprint density at radius 1 is 1.14 bits per heavy atom. The van der Waals surface area contributed by atoms with E-state index in [0.29, 0.717) is 0 Å². The molecular formula is C17H16N2OS. The summed E-state index contributed by atoms with van der Waals surface area (Å²) in [5, 5.41) is 6.31. The lowest BCUT2D eigenvalue weighted by Crippen LogP contribution is -2.27. The number of carbonyl (C=O) groups is 1. The van der Waals surface area contributed by atoms with Gasteiger partial charge in [0, 0.05) is 16.0 Å². The van der Waals surface area contributed by atoms with E-state index in [2.05, 4.69) is 5.32 Å². The van der Waals surface area contributed by atoms with Crippen LogP contribution in [0.5, 0.6) is 0 Å². The summed E-state index contributed by atoms with van der Waals surface area (Å²) in [7, 11) is 0. The van der Waals surface area contributed by atoms with Crippen LogP contribution in [0.3, 0.4) is 0 Å². The fraction of sp³-hybridized carbons (Fsp3) is 0.118. The van der Waals surface area contributed by atoms with Crippen molar-refractivity contribution in [3.63, 3.8) is 0 Å². The fourth-order valence-electron chi connectivity index (χ4n) is 2.34. The molecule has 3 aromatic rings. The predicted octanol–water partition coefficient (Wildman–Crippen LogP) is 3.85. The molecule has 21 heavy (non-hydrogen) atoms. The van der Waals surface area contributed by atoms with E-state index in [1.165, 1.54) is 5.56 Å². The van der Waals surface area contributed by atoms with E-state index < -0.39 is 6.04 Å². The molecule has 0 saturated heterocycles. The third kappa shape index (κ3) is 2.76. The zero-order valence-electron chi connectivity index (χ0n) is 11.7. The lowest BCUT2D eigenvalue weighted by Gasteiger charge is -2.16. The molecular weight excluding hydrogens is 280 g/mol. The molecule has 3 nitrogen and oxygen atoms in total. The molecule has 0 bridgehead atoms. The van der Waals surface area contributed by atoms with Crippen LogP contribution in [0.4, 0.5) is 5.69 Å². The molecule has 1 unspecified atom stereocenters. The highest BCUT2D eigenvalue weighted by atomic mass is 32.1. The van der Waals surface area contributed by atoms with Gasteiger partial charge in [0.15, 0.2) is 0 Å². The van der Waals surface area contributed by atoms with Gasteiger partial charge in [-0.1, -0.05) is 35.9 Å². The summed E-state index contributed by atoms with van der Waals surface area (Å²) >= 11 is 1.62. The van der Waals surface area contributed by atoms with Crippen LogP contribution in [0.1, 0.15) is 17.2 Å². The van der Waals surface area contributed by atoms with Gasteiger partial charge in [0.05, 0.1) is 0 Å². The maximum absolute atomic E-state index is 11.9. The van der Waals surface area contributed by atoms with Gasteiger partial charge in [0.25, 0.3) is 0 Å². The standard InChI is InChI=1S/C17H16N2OS/c1-11-6-8-12(9-7-11)19-16(17(18)20)14-10-21-15-5-3-2-4-13(14)15/h2-10,16,19H,1H3,(H2,18,20). The summed E-state index contributed by atoms with van der Waals surface area (Å²) in [6, 6.07) is 15.4. The molecule has 1 amide bonds. The molecule has 3 rings (SSSR count). The number of benzene rings is 2. The number of nitrogens with two attached hydrogens (primary N) is 1. The quantitative estimate of drug-likeness (QED) is 0.768. The first kappa shape index (κ1) is 13.6. The van der Waals surface area contributed by atoms with E-state index in [0.717, 1.165) is 21.3 Å². The fourth-order valence-corrected chi connectivity index (χ4v) is 3.33. The second kappa shape index (κ2) is 5.58. The van der Waals surface area contributed by atoms with E-state index in [9.17, 15) is 4.79 Å². The van der Waals surface area contributed by atoms with Crippen molar-refractivity contribution in [2.75, 3.05) is 5.32 Å². The Balaban J connectivity index is 1.98. The Morgan fingerprint density at radius 3 is 2.57 bits per heavy atom. The number of aryl methyl sites for hydroxylation is 1. The molecule has 0 aliphatic carbocycles. The van der Waals surface area contributed by atoms with Crippen LogP contribution >= 0.6 is 11.3 Å². The van der Waals surface area contributed by atoms with Crippen LogP contribution in [0, 0.1) is 6.92 Å². The van der Waals surface area contributed by atoms with Gasteiger partial charge >= 0.3 is 0 Å². The molecule has 0 aliphatic rings. The number of thiophene rings is 1. The first-order valence-electron chi connectivity index (χ1n) is 6.74. The Kier molecular flexibility index (Phi) is 3.62. The number of nitrogens with one attached hydrogen (secondary N) is 1. The lowest BCUT2D eigenvalue weighted by molar-refractivity contribution is -0.118. The van der Waals surface area contributed by atoms with Crippen LogP contribution in [0.15, 0.2) is 53.9 Å². The van der Waals surface area contributed by atoms with E-state index in [1.54, 1.807) is 11.3 Å². The summed E-state index contributed by atoms with van der Waals surface area (Å²) in [5.74, 6) is -0.376. The number of carbonyl (C=O) groups excluding carboxylic acids is 1. The summed E-state index contributed by atoms with van der Waals surface area (Å²) in [6.07, 6.45) is 0. The van der Waals surface area contributed by atoms with Gasteiger partial charge in [0.2, 0.25) is 5.91 Å². The zero-order chi connectivity index (χ0) is 14.8. The van der Waals surface area contributed by atoms with Crippen LogP contribution in [0.25, 0.3) is 10.1 Å². The molecule has 0 fully saturated rings.